The molecule has 1 fully saturated rings. The van der Waals surface area contributed by atoms with Gasteiger partial charge in [-0.25, -0.2) is 4.79 Å². The van der Waals surface area contributed by atoms with Crippen molar-refractivity contribution in [1.82, 2.24) is 15.2 Å². The van der Waals surface area contributed by atoms with E-state index in [1.807, 2.05) is 18.2 Å². The van der Waals surface area contributed by atoms with Gasteiger partial charge in [0.25, 0.3) is 5.91 Å². The van der Waals surface area contributed by atoms with E-state index in [4.69, 9.17) is 26.2 Å². The number of carboxylic acid groups (broad SMARTS) is 1. The lowest BCUT2D eigenvalue weighted by Crippen LogP contribution is -2.44. The Hall–Kier alpha value is -3.99. The average molecular weight is 766 g/mol. The molecule has 0 saturated carbocycles. The number of aromatic amines is 1. The molecule has 1 saturated heterocycles. The van der Waals surface area contributed by atoms with Gasteiger partial charge in [0.05, 0.1) is 13.2 Å². The van der Waals surface area contributed by atoms with Gasteiger partial charge in [-0.1, -0.05) is 100 Å². The number of hydrogen-bond donors (Lipinski definition) is 3. The fourth-order valence-electron chi connectivity index (χ4n) is 6.25. The number of carbonyl (C=O) groups is 3. The number of amides is 1. The highest BCUT2D eigenvalue weighted by Crippen LogP contribution is 2.18. The number of allylic oxidation sites excluding steroid dienone is 2. The van der Waals surface area contributed by atoms with E-state index >= 15 is 0 Å². The molecule has 296 valence electrons. The number of hydrogen-bond acceptors (Lipinski definition) is 7. The summed E-state index contributed by atoms with van der Waals surface area (Å²) in [6.45, 7) is 5.92. The second-order valence-corrected chi connectivity index (χ2v) is 14.2. The topological polar surface area (TPSA) is 138 Å². The van der Waals surface area contributed by atoms with Gasteiger partial charge in [-0.15, -0.1) is 0 Å². The van der Waals surface area contributed by atoms with Gasteiger partial charge in [-0.3, -0.25) is 19.3 Å². The highest BCUT2D eigenvalue weighted by atomic mass is 35.5. The standard InChI is InChI=1S/C25H26ClN3O5.C18H34O2/c26-19-7-5-17(6-8-19)24(31)28-22(25(32)34-14-11-29-9-12-33-13-10-29)15-18-16-23(30)27-21-4-2-1-3-20(18)21;1-2-3-4-5-6-7-8-9-10-11-12-13-14-15-16-17-18(19)20/h1-8,16,22H,9-15H2,(H,27,30)(H,28,31);9-10H,2-8,11-17H2,1H3,(H,19,20)/b;10-9-. The quantitative estimate of drug-likeness (QED) is 0.0497. The maximum Gasteiger partial charge on any atom is 0.329 e. The summed E-state index contributed by atoms with van der Waals surface area (Å²) in [5.41, 5.74) is 1.39. The summed E-state index contributed by atoms with van der Waals surface area (Å²) in [6.07, 6.45) is 21.4. The third kappa shape index (κ3) is 18.4. The Kier molecular flexibility index (Phi) is 22.0. The van der Waals surface area contributed by atoms with Crippen molar-refractivity contribution in [3.63, 3.8) is 0 Å². The van der Waals surface area contributed by atoms with Gasteiger partial charge in [-0.05, 0) is 68.0 Å². The van der Waals surface area contributed by atoms with Crippen molar-refractivity contribution in [2.75, 3.05) is 39.5 Å². The highest BCUT2D eigenvalue weighted by molar-refractivity contribution is 6.30. The number of pyridine rings is 1. The van der Waals surface area contributed by atoms with Crippen LogP contribution >= 0.6 is 11.6 Å². The normalized spacial score (nSPS) is 13.7. The molecule has 4 rings (SSSR count). The summed E-state index contributed by atoms with van der Waals surface area (Å²) >= 11 is 5.92. The average Bonchev–Trinajstić information content (AvgIpc) is 3.16. The van der Waals surface area contributed by atoms with E-state index in [1.54, 1.807) is 30.3 Å². The van der Waals surface area contributed by atoms with Gasteiger partial charge < -0.3 is 24.9 Å². The smallest absolute Gasteiger partial charge is 0.329 e. The lowest BCUT2D eigenvalue weighted by molar-refractivity contribution is -0.146. The summed E-state index contributed by atoms with van der Waals surface area (Å²) in [4.78, 5) is 53.4. The van der Waals surface area contributed by atoms with Crippen molar-refractivity contribution in [3.05, 3.63) is 93.3 Å². The molecular weight excluding hydrogens is 706 g/mol. The first-order valence-corrected chi connectivity index (χ1v) is 20.2. The van der Waals surface area contributed by atoms with Crippen LogP contribution in [0.1, 0.15) is 113 Å². The number of fused-ring (bicyclic) bond motifs is 1. The Morgan fingerprint density at radius 1 is 0.907 bits per heavy atom. The molecule has 1 aliphatic heterocycles. The number of para-hydroxylation sites is 1. The molecule has 10 nitrogen and oxygen atoms in total. The molecular formula is C43H60ClN3O7. The Morgan fingerprint density at radius 3 is 2.20 bits per heavy atom. The molecule has 2 aromatic carbocycles. The molecule has 54 heavy (non-hydrogen) atoms. The van der Waals surface area contributed by atoms with Crippen LogP contribution in [0.4, 0.5) is 0 Å². The van der Waals surface area contributed by atoms with Crippen molar-refractivity contribution in [2.24, 2.45) is 0 Å². The van der Waals surface area contributed by atoms with Crippen molar-refractivity contribution >= 4 is 40.3 Å². The fourth-order valence-corrected chi connectivity index (χ4v) is 6.38. The van der Waals surface area contributed by atoms with Crippen LogP contribution in [0.15, 0.2) is 71.5 Å². The molecule has 3 aromatic rings. The minimum absolute atomic E-state index is 0.111. The van der Waals surface area contributed by atoms with Gasteiger partial charge in [-0.2, -0.15) is 0 Å². The zero-order valence-electron chi connectivity index (χ0n) is 32.0. The predicted molar refractivity (Wildman–Crippen MR) is 216 cm³/mol. The van der Waals surface area contributed by atoms with E-state index in [2.05, 4.69) is 34.3 Å². The summed E-state index contributed by atoms with van der Waals surface area (Å²) in [6, 6.07) is 14.2. The van der Waals surface area contributed by atoms with Gasteiger partial charge in [0.2, 0.25) is 5.56 Å². The van der Waals surface area contributed by atoms with Gasteiger partial charge in [0, 0.05) is 60.0 Å². The zero-order valence-corrected chi connectivity index (χ0v) is 32.8. The third-order valence-corrected chi connectivity index (χ3v) is 9.62. The van der Waals surface area contributed by atoms with Crippen LogP contribution < -0.4 is 10.9 Å². The Morgan fingerprint density at radius 2 is 1.54 bits per heavy atom. The number of rotatable bonds is 23. The lowest BCUT2D eigenvalue weighted by atomic mass is 10.0. The maximum absolute atomic E-state index is 13.0. The molecule has 0 aliphatic carbocycles. The SMILES string of the molecule is CCCCCCCC/C=C\CCCCCCCC(=O)O.O=C(NC(Cc1cc(=O)[nH]c2ccccc12)C(=O)OCCN1CCOCC1)c1ccc(Cl)cc1. The number of morpholine rings is 1. The molecule has 11 heteroatoms. The van der Waals surface area contributed by atoms with Crippen molar-refractivity contribution < 1.29 is 29.0 Å². The zero-order chi connectivity index (χ0) is 38.8. The molecule has 0 bridgehead atoms. The van der Waals surface area contributed by atoms with Crippen LogP contribution in [-0.2, 0) is 25.5 Å². The Bertz CT molecular complexity index is 1620. The van der Waals surface area contributed by atoms with Crippen LogP contribution in [-0.4, -0.2) is 78.3 Å². The molecule has 0 radical (unpaired) electrons. The lowest BCUT2D eigenvalue weighted by Gasteiger charge is -2.26. The first kappa shape index (κ1) is 44.4. The number of aromatic nitrogens is 1. The number of halogens is 1. The number of carbonyl (C=O) groups excluding carboxylic acids is 2. The largest absolute Gasteiger partial charge is 0.481 e. The minimum atomic E-state index is -0.974. The van der Waals surface area contributed by atoms with E-state index in [1.165, 1.54) is 76.7 Å². The number of H-pyrrole nitrogens is 1. The second kappa shape index (κ2) is 26.7. The van der Waals surface area contributed by atoms with E-state index in [0.29, 0.717) is 47.8 Å². The van der Waals surface area contributed by atoms with Gasteiger partial charge in [0.1, 0.15) is 12.6 Å². The molecule has 1 unspecified atom stereocenters. The summed E-state index contributed by atoms with van der Waals surface area (Å²) < 4.78 is 10.9. The first-order valence-electron chi connectivity index (χ1n) is 19.8. The molecule has 1 aliphatic rings. The molecule has 2 heterocycles. The number of aliphatic carboxylic acids is 1. The molecule has 1 atom stereocenters. The fraction of sp³-hybridized carbons (Fsp3) is 0.535. The van der Waals surface area contributed by atoms with Crippen LogP contribution in [0.5, 0.6) is 0 Å². The van der Waals surface area contributed by atoms with Crippen molar-refractivity contribution in [2.45, 2.75) is 109 Å². The van der Waals surface area contributed by atoms with E-state index < -0.39 is 23.9 Å². The number of ether oxygens (including phenoxy) is 2. The van der Waals surface area contributed by atoms with Crippen LogP contribution in [0.25, 0.3) is 10.9 Å². The number of esters is 1. The molecule has 1 aromatic heterocycles. The van der Waals surface area contributed by atoms with E-state index in [-0.39, 0.29) is 18.6 Å². The van der Waals surface area contributed by atoms with Gasteiger partial charge in [0.15, 0.2) is 0 Å². The third-order valence-electron chi connectivity index (χ3n) is 9.36. The number of nitrogens with zero attached hydrogens (tertiary/aromatic N) is 1. The van der Waals surface area contributed by atoms with E-state index in [0.717, 1.165) is 31.3 Å². The molecule has 0 spiro atoms. The second-order valence-electron chi connectivity index (χ2n) is 13.8. The van der Waals surface area contributed by atoms with Gasteiger partial charge >= 0.3 is 11.9 Å². The first-order chi connectivity index (χ1) is 26.3. The molecule has 1 amide bonds. The van der Waals surface area contributed by atoms with Crippen LogP contribution in [0, 0.1) is 0 Å². The summed E-state index contributed by atoms with van der Waals surface area (Å²) in [7, 11) is 0. The van der Waals surface area contributed by atoms with Crippen LogP contribution in [0.2, 0.25) is 5.02 Å². The Balaban J connectivity index is 0.000000337. The maximum atomic E-state index is 13.0. The minimum Gasteiger partial charge on any atom is -0.481 e. The Labute approximate surface area is 325 Å². The number of carboxylic acids is 1. The van der Waals surface area contributed by atoms with E-state index in [9.17, 15) is 19.2 Å². The number of benzene rings is 2. The highest BCUT2D eigenvalue weighted by Gasteiger charge is 2.25. The predicted octanol–water partition coefficient (Wildman–Crippen LogP) is 8.51. The summed E-state index contributed by atoms with van der Waals surface area (Å²) in [5.74, 6) is -1.65. The van der Waals surface area contributed by atoms with Crippen LogP contribution in [0.3, 0.4) is 0 Å². The monoisotopic (exact) mass is 765 g/mol. The molecule has 3 N–H and O–H groups in total. The number of unbranched alkanes of at least 4 members (excludes halogenated alkanes) is 11. The van der Waals surface area contributed by atoms with Crippen molar-refractivity contribution in [1.29, 1.82) is 0 Å². The number of nitrogens with one attached hydrogen (secondary N) is 2. The van der Waals surface area contributed by atoms with Crippen molar-refractivity contribution in [3.8, 4) is 0 Å². The summed E-state index contributed by atoms with van der Waals surface area (Å²) in [5, 5.41) is 12.6.